The van der Waals surface area contributed by atoms with Crippen LogP contribution < -0.4 is 23.7 Å². The van der Waals surface area contributed by atoms with Crippen LogP contribution >= 0.6 is 0 Å². The Kier molecular flexibility index (Phi) is 48.0. The Hall–Kier alpha value is -13.7. The van der Waals surface area contributed by atoms with Gasteiger partial charge in [0.25, 0.3) is 0 Å². The molecule has 1 fully saturated rings. The topological polar surface area (TPSA) is 182 Å². The van der Waals surface area contributed by atoms with Crippen molar-refractivity contribution in [2.45, 2.75) is 118 Å². The number of halogens is 33. The molecule has 0 N–H and O–H groups in total. The molecule has 0 saturated heterocycles. The third-order valence-corrected chi connectivity index (χ3v) is 19.1. The zero-order chi connectivity index (χ0) is 110. The van der Waals surface area contributed by atoms with Crippen molar-refractivity contribution in [1.82, 2.24) is 0 Å². The average Bonchev–Trinajstić information content (AvgIpc) is 0.758. The van der Waals surface area contributed by atoms with Gasteiger partial charge in [0.05, 0.1) is 22.8 Å². The summed E-state index contributed by atoms with van der Waals surface area (Å²) >= 11 is 0. The van der Waals surface area contributed by atoms with E-state index >= 15 is 0 Å². The number of alkyl halides is 33. The van der Waals surface area contributed by atoms with Crippen molar-refractivity contribution in [3.8, 4) is 45.6 Å². The second kappa shape index (κ2) is 54.7. The fourth-order valence-corrected chi connectivity index (χ4v) is 11.8. The minimum atomic E-state index is -6.58. The standard InChI is InChI=1S/C23H16F14N2O2.C19H16F6N2O2.C18H14F6N2O.C17H12F7N.C8H14N2.C6H12N2.2C2H4/c1-38-16(18(24,25)20(28,29)22(32,33)34)12-3-7-14(8-4-12)40-11-41-15-9-5-13(6-10-15)17(39-2)19(26,27)21(30,31)23(35,36)37;1-26-16(18(20,21)22)12-3-7-14(8-4-12)28-11-29-15-9-5-13(6-10-15)17(27-2)19(23,24)25;1-25-15(17(19,20)21)11-3-7-13(8-4-11)27-14-9-5-12(6-10-14)16(26-2)18(22,23)24;1-25-14(15(18,19)16(20,21)17(22,23)24)13-9-7-12(8-10-13)11-5-3-2-4-6-11;1-9-7-5-3-4-6-8(7)10-2;1-5(7-3)6(2)8-4;2*1-2/h3-10H,11H2,1-2H3;3-10H,11H2,1-2H3;3-10H,1-2H3;2-10H,1H3;3-6H2,1-2H3;1-4H3;2*1-2H2. The van der Waals surface area contributed by atoms with E-state index in [0.29, 0.717) is 43.9 Å². The van der Waals surface area contributed by atoms with E-state index in [-0.39, 0.29) is 63.5 Å². The summed E-state index contributed by atoms with van der Waals surface area (Å²) in [5.41, 5.74) is -6.22. The van der Waals surface area contributed by atoms with E-state index in [9.17, 15) is 145 Å². The van der Waals surface area contributed by atoms with Gasteiger partial charge in [-0.25, -0.2) is 0 Å². The molecule has 16 nitrogen and oxygen atoms in total. The Morgan fingerprint density at radius 2 is 0.417 bits per heavy atom. The summed E-state index contributed by atoms with van der Waals surface area (Å²) < 4.78 is 456. The van der Waals surface area contributed by atoms with Gasteiger partial charge in [-0.05, 0) is 196 Å². The van der Waals surface area contributed by atoms with Crippen LogP contribution in [0.4, 0.5) is 145 Å². The third kappa shape index (κ3) is 34.6. The van der Waals surface area contributed by atoms with E-state index in [4.69, 9.17) is 23.7 Å². The monoisotopic (exact) mass is 2090 g/mol. The van der Waals surface area contributed by atoms with Crippen LogP contribution in [0.1, 0.15) is 78.5 Å². The number of benzene rings is 8. The summed E-state index contributed by atoms with van der Waals surface area (Å²) in [5.74, 6) is -35.5. The van der Waals surface area contributed by atoms with E-state index in [1.807, 2.05) is 27.9 Å². The Morgan fingerprint density at radius 1 is 0.236 bits per heavy atom. The fraction of sp³-hybridized carbons (Fsp3) is 0.337. The molecule has 1 saturated carbocycles. The molecule has 144 heavy (non-hydrogen) atoms. The van der Waals surface area contributed by atoms with Crippen LogP contribution in [0.2, 0.25) is 0 Å². The van der Waals surface area contributed by atoms with Gasteiger partial charge >= 0.3 is 78.8 Å². The van der Waals surface area contributed by atoms with Crippen molar-refractivity contribution in [2.24, 2.45) is 54.9 Å². The Morgan fingerprint density at radius 3 is 0.590 bits per heavy atom. The van der Waals surface area contributed by atoms with Crippen LogP contribution in [0.15, 0.2) is 281 Å². The average molecular weight is 2090 g/mol. The first kappa shape index (κ1) is 126. The number of hydrogen-bond donors (Lipinski definition) is 0. The minimum absolute atomic E-state index is 0.109. The first-order chi connectivity index (χ1) is 66.8. The highest BCUT2D eigenvalue weighted by Gasteiger charge is 2.77. The van der Waals surface area contributed by atoms with Gasteiger partial charge in [-0.2, -0.15) is 145 Å². The van der Waals surface area contributed by atoms with Gasteiger partial charge in [-0.3, -0.25) is 54.9 Å². The molecule has 1 aliphatic rings. The van der Waals surface area contributed by atoms with Crippen molar-refractivity contribution in [2.75, 3.05) is 91.1 Å². The van der Waals surface area contributed by atoms with E-state index in [1.165, 1.54) is 133 Å². The molecule has 0 atom stereocenters. The molecule has 0 amide bonds. The summed E-state index contributed by atoms with van der Waals surface area (Å²) in [5, 5.41) is 0. The van der Waals surface area contributed by atoms with Crippen LogP contribution in [0.25, 0.3) is 11.1 Å². The zero-order valence-corrected chi connectivity index (χ0v) is 78.1. The maximum absolute atomic E-state index is 14.0. The molecular weight excluding hydrogens is 2000 g/mol. The van der Waals surface area contributed by atoms with Crippen molar-refractivity contribution in [3.63, 3.8) is 0 Å². The molecule has 0 aromatic heterocycles. The SMILES string of the molecule is C=C.C=C.CN=C(C)C(C)=NC.CN=C(c1ccc(-c2ccccc2)cc1)C(F)(F)C(F)(F)C(F)(F)F.CN=C(c1ccc(OCOc2ccc(C(=NC)C(F)(F)C(F)(F)C(F)(F)F)cc2)cc1)C(F)(F)C(F)(F)C(F)(F)F.CN=C(c1ccc(OCOc2ccc(C(=NC)C(F)(F)F)cc2)cc1)C(F)(F)F.CN=C(c1ccc(Oc2ccc(C(=NC)C(F)(F)F)cc2)cc1)C(F)(F)F.CN=C1CCCCC1=NC. The second-order valence-electron chi connectivity index (χ2n) is 28.1. The maximum Gasteiger partial charge on any atom is 0.460 e. The van der Waals surface area contributed by atoms with Gasteiger partial charge in [0.15, 0.2) is 0 Å². The van der Waals surface area contributed by atoms with Crippen molar-refractivity contribution in [3.05, 3.63) is 265 Å². The largest absolute Gasteiger partial charge is 0.460 e. The summed E-state index contributed by atoms with van der Waals surface area (Å²) in [6.07, 6.45) is -33.0. The quantitative estimate of drug-likeness (QED) is 0.0238. The number of nitrogens with zero attached hydrogens (tertiary/aromatic N) is 11. The van der Waals surface area contributed by atoms with Gasteiger partial charge in [0.1, 0.15) is 74.5 Å². The van der Waals surface area contributed by atoms with Crippen LogP contribution in [-0.4, -0.2) is 233 Å². The fourth-order valence-electron chi connectivity index (χ4n) is 11.8. The minimum Gasteiger partial charge on any atom is -0.458 e. The lowest BCUT2D eigenvalue weighted by Crippen LogP contribution is -2.56. The zero-order valence-electron chi connectivity index (χ0n) is 78.1. The number of ether oxygens (including phenoxy) is 5. The first-order valence-corrected chi connectivity index (χ1v) is 40.6. The normalized spacial score (nSPS) is 14.6. The summed E-state index contributed by atoms with van der Waals surface area (Å²) in [6.45, 7) is 14.9. The van der Waals surface area contributed by atoms with Gasteiger partial charge in [-0.15, -0.1) is 26.3 Å². The van der Waals surface area contributed by atoms with Gasteiger partial charge < -0.3 is 23.7 Å². The molecule has 0 spiro atoms. The molecule has 788 valence electrons. The van der Waals surface area contributed by atoms with Gasteiger partial charge in [0.2, 0.25) is 13.6 Å². The Balaban J connectivity index is 0.000000612. The highest BCUT2D eigenvalue weighted by Crippen LogP contribution is 2.52. The lowest BCUT2D eigenvalue weighted by atomic mass is 9.96. The molecule has 8 aromatic rings. The predicted octanol–water partition coefficient (Wildman–Crippen LogP) is 28.2. The predicted molar refractivity (Wildman–Crippen MR) is 488 cm³/mol. The van der Waals surface area contributed by atoms with E-state index in [2.05, 4.69) is 81.2 Å². The van der Waals surface area contributed by atoms with Crippen LogP contribution in [0.3, 0.4) is 0 Å². The molecule has 0 heterocycles. The number of hydrogen-bond acceptors (Lipinski definition) is 16. The van der Waals surface area contributed by atoms with Crippen molar-refractivity contribution in [1.29, 1.82) is 0 Å². The molecular formula is C95H92F33N11O5. The Labute approximate surface area is 804 Å². The number of aliphatic imine (C=N–C) groups is 11. The first-order valence-electron chi connectivity index (χ1n) is 40.6. The third-order valence-electron chi connectivity index (χ3n) is 19.1. The highest BCUT2D eigenvalue weighted by molar-refractivity contribution is 6.42. The van der Waals surface area contributed by atoms with Gasteiger partial charge in [0, 0.05) is 116 Å². The smallest absolute Gasteiger partial charge is 0.458 e. The lowest BCUT2D eigenvalue weighted by molar-refractivity contribution is -0.336. The maximum atomic E-state index is 14.0. The molecule has 9 rings (SSSR count). The molecule has 0 bridgehead atoms. The highest BCUT2D eigenvalue weighted by atomic mass is 19.5. The van der Waals surface area contributed by atoms with Gasteiger partial charge in [-0.1, -0.05) is 54.6 Å². The van der Waals surface area contributed by atoms with E-state index in [1.54, 1.807) is 44.4 Å². The molecule has 0 radical (unpaired) electrons. The van der Waals surface area contributed by atoms with Crippen LogP contribution in [0.5, 0.6) is 34.5 Å². The lowest BCUT2D eigenvalue weighted by Gasteiger charge is -2.29. The summed E-state index contributed by atoms with van der Waals surface area (Å²) in [6, 6.07) is 40.0. The second-order valence-corrected chi connectivity index (χ2v) is 28.1. The Bertz CT molecular complexity index is 5410. The van der Waals surface area contributed by atoms with Crippen molar-refractivity contribution >= 4 is 62.8 Å². The molecule has 0 unspecified atom stereocenters. The molecule has 0 aliphatic heterocycles. The van der Waals surface area contributed by atoms with Crippen molar-refractivity contribution < 1.29 is 169 Å². The number of rotatable bonds is 25. The van der Waals surface area contributed by atoms with E-state index in [0.717, 1.165) is 101 Å². The van der Waals surface area contributed by atoms with Crippen LogP contribution in [-0.2, 0) is 0 Å². The van der Waals surface area contributed by atoms with Crippen LogP contribution in [0, 0.1) is 0 Å². The summed E-state index contributed by atoms with van der Waals surface area (Å²) in [4.78, 5) is 38.0. The molecule has 1 aliphatic carbocycles. The molecule has 49 heteroatoms. The van der Waals surface area contributed by atoms with E-state index < -0.39 is 142 Å². The molecule has 8 aromatic carbocycles. The summed E-state index contributed by atoms with van der Waals surface area (Å²) in [7, 11) is 13.3.